The van der Waals surface area contributed by atoms with Gasteiger partial charge in [-0.15, -0.1) is 11.3 Å². The van der Waals surface area contributed by atoms with Crippen molar-refractivity contribution in [3.05, 3.63) is 34.7 Å². The summed E-state index contributed by atoms with van der Waals surface area (Å²) in [5.74, 6) is 0.794. The van der Waals surface area contributed by atoms with Crippen LogP contribution in [0.15, 0.2) is 24.3 Å². The summed E-state index contributed by atoms with van der Waals surface area (Å²) in [6, 6.07) is 8.66. The van der Waals surface area contributed by atoms with E-state index < -0.39 is 0 Å². The van der Waals surface area contributed by atoms with Crippen LogP contribution >= 0.6 is 11.3 Å². The fourth-order valence-corrected chi connectivity index (χ4v) is 5.81. The molecule has 0 radical (unpaired) electrons. The van der Waals surface area contributed by atoms with Gasteiger partial charge in [0.25, 0.3) is 5.91 Å². The lowest BCUT2D eigenvalue weighted by atomic mass is 9.77. The molecule has 6 rings (SSSR count). The lowest BCUT2D eigenvalue weighted by Crippen LogP contribution is -2.65. The first-order chi connectivity index (χ1) is 11.2. The third-order valence-electron chi connectivity index (χ3n) is 6.17. The van der Waals surface area contributed by atoms with Gasteiger partial charge in [-0.05, 0) is 75.2 Å². The Morgan fingerprint density at radius 2 is 2.04 bits per heavy atom. The molecule has 4 heterocycles. The second-order valence-corrected chi connectivity index (χ2v) is 8.78. The lowest BCUT2D eigenvalue weighted by Gasteiger charge is -2.52. The number of hydrogen-bond acceptors (Lipinski definition) is 3. The van der Waals surface area contributed by atoms with Gasteiger partial charge in [0, 0.05) is 20.7 Å². The summed E-state index contributed by atoms with van der Waals surface area (Å²) in [5.41, 5.74) is 1.12. The van der Waals surface area contributed by atoms with E-state index in [0.29, 0.717) is 17.5 Å². The molecule has 2 aromatic rings. The number of nitrogens with one attached hydrogen (secondary N) is 1. The molecule has 4 fully saturated rings. The Morgan fingerprint density at radius 1 is 1.26 bits per heavy atom. The molecule has 3 aliphatic heterocycles. The van der Waals surface area contributed by atoms with Crippen LogP contribution in [-0.2, 0) is 0 Å². The first-order valence-corrected chi connectivity index (χ1v) is 9.53. The Morgan fingerprint density at radius 3 is 2.78 bits per heavy atom. The number of hydrogen-bond donors (Lipinski definition) is 1. The van der Waals surface area contributed by atoms with E-state index in [1.165, 1.54) is 53.7 Å². The molecular formula is C19H22N2OS. The molecule has 1 aliphatic carbocycles. The average molecular weight is 326 g/mol. The van der Waals surface area contributed by atoms with Crippen molar-refractivity contribution in [3.8, 4) is 0 Å². The monoisotopic (exact) mass is 326 g/mol. The third-order valence-corrected chi connectivity index (χ3v) is 7.19. The largest absolute Gasteiger partial charge is 0.347 e. The molecule has 2 bridgehead atoms. The van der Waals surface area contributed by atoms with Gasteiger partial charge in [-0.25, -0.2) is 0 Å². The van der Waals surface area contributed by atoms with E-state index in [1.54, 1.807) is 11.3 Å². The SMILES string of the molecule is Cc1cc2ccc(C(=O)N[C@@H]3C4CCN(CC4)C34CC4)cc2s1. The zero-order valence-electron chi connectivity index (χ0n) is 13.5. The predicted octanol–water partition coefficient (Wildman–Crippen LogP) is 3.57. The van der Waals surface area contributed by atoms with Crippen molar-refractivity contribution >= 4 is 27.3 Å². The van der Waals surface area contributed by atoms with E-state index >= 15 is 0 Å². The van der Waals surface area contributed by atoms with Crippen molar-refractivity contribution in [3.63, 3.8) is 0 Å². The maximum atomic E-state index is 12.8. The summed E-state index contributed by atoms with van der Waals surface area (Å²) in [4.78, 5) is 16.8. The van der Waals surface area contributed by atoms with Crippen molar-refractivity contribution in [2.45, 2.75) is 44.2 Å². The number of nitrogens with zero attached hydrogens (tertiary/aromatic N) is 1. The van der Waals surface area contributed by atoms with Crippen LogP contribution in [0.25, 0.3) is 10.1 Å². The summed E-state index contributed by atoms with van der Waals surface area (Å²) >= 11 is 1.77. The Hall–Kier alpha value is -1.39. The van der Waals surface area contributed by atoms with Gasteiger partial charge in [-0.1, -0.05) is 6.07 Å². The van der Waals surface area contributed by atoms with Gasteiger partial charge >= 0.3 is 0 Å². The van der Waals surface area contributed by atoms with Crippen LogP contribution in [-0.4, -0.2) is 35.5 Å². The van der Waals surface area contributed by atoms with Crippen molar-refractivity contribution < 1.29 is 4.79 Å². The number of amides is 1. The first kappa shape index (κ1) is 14.0. The number of aryl methyl sites for hydroxylation is 1. The average Bonchev–Trinajstić information content (AvgIpc) is 3.24. The second kappa shape index (κ2) is 4.81. The smallest absolute Gasteiger partial charge is 0.251 e. The zero-order valence-corrected chi connectivity index (χ0v) is 14.3. The molecule has 4 heteroatoms. The minimum atomic E-state index is 0.114. The molecule has 1 spiro atoms. The third kappa shape index (κ3) is 2.08. The van der Waals surface area contributed by atoms with E-state index in [1.807, 2.05) is 6.07 Å². The lowest BCUT2D eigenvalue weighted by molar-refractivity contribution is -0.00144. The van der Waals surface area contributed by atoms with Crippen molar-refractivity contribution in [1.29, 1.82) is 0 Å². The van der Waals surface area contributed by atoms with Crippen LogP contribution in [0.4, 0.5) is 0 Å². The quantitative estimate of drug-likeness (QED) is 0.915. The number of thiophene rings is 1. The van der Waals surface area contributed by atoms with Gasteiger partial charge in [0.05, 0.1) is 6.04 Å². The molecular weight excluding hydrogens is 304 g/mol. The van der Waals surface area contributed by atoms with Crippen LogP contribution in [0, 0.1) is 12.8 Å². The van der Waals surface area contributed by atoms with Crippen LogP contribution in [0.5, 0.6) is 0 Å². The van der Waals surface area contributed by atoms with Crippen LogP contribution in [0.2, 0.25) is 0 Å². The van der Waals surface area contributed by atoms with Crippen molar-refractivity contribution in [2.75, 3.05) is 13.1 Å². The highest BCUT2D eigenvalue weighted by Crippen LogP contribution is 2.53. The fourth-order valence-electron chi connectivity index (χ4n) is 4.85. The number of piperidine rings is 3. The molecule has 0 unspecified atom stereocenters. The van der Waals surface area contributed by atoms with Gasteiger partial charge < -0.3 is 5.32 Å². The maximum absolute atomic E-state index is 12.8. The molecule has 1 aromatic heterocycles. The van der Waals surface area contributed by atoms with E-state index in [2.05, 4.69) is 35.3 Å². The molecule has 1 N–H and O–H groups in total. The number of benzene rings is 1. The van der Waals surface area contributed by atoms with E-state index in [4.69, 9.17) is 0 Å². The molecule has 1 saturated carbocycles. The fraction of sp³-hybridized carbons (Fsp3) is 0.526. The van der Waals surface area contributed by atoms with E-state index in [-0.39, 0.29) is 5.91 Å². The van der Waals surface area contributed by atoms with Gasteiger partial charge in [0.15, 0.2) is 0 Å². The van der Waals surface area contributed by atoms with Crippen LogP contribution < -0.4 is 5.32 Å². The Balaban J connectivity index is 1.42. The molecule has 1 amide bonds. The highest BCUT2D eigenvalue weighted by molar-refractivity contribution is 7.19. The Kier molecular flexibility index (Phi) is 2.92. The van der Waals surface area contributed by atoms with Crippen molar-refractivity contribution in [1.82, 2.24) is 10.2 Å². The summed E-state index contributed by atoms with van der Waals surface area (Å²) in [7, 11) is 0. The molecule has 3 nitrogen and oxygen atoms in total. The summed E-state index contributed by atoms with van der Waals surface area (Å²) in [6.45, 7) is 4.59. The maximum Gasteiger partial charge on any atom is 0.251 e. The number of fused-ring (bicyclic) bond motifs is 3. The molecule has 120 valence electrons. The number of carbonyl (C=O) groups is 1. The molecule has 3 saturated heterocycles. The number of rotatable bonds is 2. The Labute approximate surface area is 140 Å². The van der Waals surface area contributed by atoms with Crippen LogP contribution in [0.3, 0.4) is 0 Å². The predicted molar refractivity (Wildman–Crippen MR) is 94.1 cm³/mol. The molecule has 1 aromatic carbocycles. The van der Waals surface area contributed by atoms with E-state index in [0.717, 1.165) is 5.56 Å². The van der Waals surface area contributed by atoms with Gasteiger partial charge in [0.2, 0.25) is 0 Å². The molecule has 4 aliphatic rings. The summed E-state index contributed by atoms with van der Waals surface area (Å²) in [5, 5.41) is 4.66. The Bertz CT molecular complexity index is 784. The minimum absolute atomic E-state index is 0.114. The summed E-state index contributed by atoms with van der Waals surface area (Å²) < 4.78 is 1.21. The van der Waals surface area contributed by atoms with Crippen LogP contribution in [0.1, 0.15) is 40.9 Å². The highest BCUT2D eigenvalue weighted by Gasteiger charge is 2.60. The van der Waals surface area contributed by atoms with Gasteiger partial charge in [0.1, 0.15) is 0 Å². The van der Waals surface area contributed by atoms with Gasteiger partial charge in [-0.2, -0.15) is 0 Å². The molecule has 23 heavy (non-hydrogen) atoms. The molecule has 1 atom stereocenters. The normalized spacial score (nSPS) is 30.7. The minimum Gasteiger partial charge on any atom is -0.347 e. The first-order valence-electron chi connectivity index (χ1n) is 8.72. The number of carbonyl (C=O) groups excluding carboxylic acids is 1. The van der Waals surface area contributed by atoms with E-state index in [9.17, 15) is 4.79 Å². The highest BCUT2D eigenvalue weighted by atomic mass is 32.1. The topological polar surface area (TPSA) is 32.3 Å². The second-order valence-electron chi connectivity index (χ2n) is 7.49. The standard InChI is InChI=1S/C19H22N2OS/c1-12-10-14-2-3-15(11-16(14)23-12)18(22)20-17-13-4-8-21(9-5-13)19(17)6-7-19/h2-3,10-11,13,17H,4-9H2,1H3,(H,20,22)/t17-/m1/s1. The van der Waals surface area contributed by atoms with Gasteiger partial charge in [-0.3, -0.25) is 9.69 Å². The van der Waals surface area contributed by atoms with Crippen molar-refractivity contribution in [2.24, 2.45) is 5.92 Å². The zero-order chi connectivity index (χ0) is 15.6. The summed E-state index contributed by atoms with van der Waals surface area (Å²) in [6.07, 6.45) is 5.01.